The molecular weight excluding hydrogens is 274 g/mol. The summed E-state index contributed by atoms with van der Waals surface area (Å²) in [5.74, 6) is 0. The first-order chi connectivity index (χ1) is 9.81. The normalized spacial score (nSPS) is 16.3. The van der Waals surface area contributed by atoms with E-state index in [2.05, 4.69) is 12.2 Å². The van der Waals surface area contributed by atoms with Crippen LogP contribution < -0.4 is 5.32 Å². The van der Waals surface area contributed by atoms with Crippen molar-refractivity contribution in [3.8, 4) is 0 Å². The van der Waals surface area contributed by atoms with Gasteiger partial charge in [-0.25, -0.2) is 0 Å². The molecule has 0 amide bonds. The molecule has 0 radical (unpaired) electrons. The fourth-order valence-corrected chi connectivity index (χ4v) is 2.31. The van der Waals surface area contributed by atoms with E-state index in [1.807, 2.05) is 24.3 Å². The SMILES string of the molecule is CCCOCCOC(CNC1CC1)c1ccccc1Cl. The Morgan fingerprint density at radius 2 is 2.05 bits per heavy atom. The fourth-order valence-electron chi connectivity index (χ4n) is 2.05. The molecule has 1 saturated carbocycles. The number of rotatable bonds is 10. The lowest BCUT2D eigenvalue weighted by Crippen LogP contribution is -2.26. The van der Waals surface area contributed by atoms with Crippen molar-refractivity contribution >= 4 is 11.6 Å². The Morgan fingerprint density at radius 3 is 2.75 bits per heavy atom. The van der Waals surface area contributed by atoms with Crippen molar-refractivity contribution in [1.29, 1.82) is 0 Å². The smallest absolute Gasteiger partial charge is 0.0964 e. The number of nitrogens with one attached hydrogen (secondary N) is 1. The van der Waals surface area contributed by atoms with E-state index in [1.54, 1.807) is 0 Å². The van der Waals surface area contributed by atoms with Crippen molar-refractivity contribution in [1.82, 2.24) is 5.32 Å². The van der Waals surface area contributed by atoms with Crippen molar-refractivity contribution in [2.45, 2.75) is 38.3 Å². The average molecular weight is 298 g/mol. The standard InChI is InChI=1S/C16H24ClNO2/c1-2-9-19-10-11-20-16(12-18-13-7-8-13)14-5-3-4-6-15(14)17/h3-6,13,16,18H,2,7-12H2,1H3. The van der Waals surface area contributed by atoms with Gasteiger partial charge in [-0.05, 0) is 25.3 Å². The molecule has 1 aliphatic rings. The Balaban J connectivity index is 1.84. The van der Waals surface area contributed by atoms with Gasteiger partial charge in [0.1, 0.15) is 0 Å². The predicted molar refractivity (Wildman–Crippen MR) is 82.3 cm³/mol. The summed E-state index contributed by atoms with van der Waals surface area (Å²) in [5, 5.41) is 4.28. The van der Waals surface area contributed by atoms with Crippen molar-refractivity contribution in [3.63, 3.8) is 0 Å². The second-order valence-electron chi connectivity index (χ2n) is 5.18. The third-order valence-electron chi connectivity index (χ3n) is 3.32. The van der Waals surface area contributed by atoms with Crippen LogP contribution in [0.3, 0.4) is 0 Å². The van der Waals surface area contributed by atoms with Crippen LogP contribution in [-0.2, 0) is 9.47 Å². The molecule has 1 aliphatic carbocycles. The molecule has 0 heterocycles. The molecule has 4 heteroatoms. The molecule has 1 aromatic rings. The Hall–Kier alpha value is -0.610. The van der Waals surface area contributed by atoms with Gasteiger partial charge in [-0.1, -0.05) is 36.7 Å². The number of hydrogen-bond donors (Lipinski definition) is 1. The maximum atomic E-state index is 6.27. The van der Waals surface area contributed by atoms with Gasteiger partial charge in [0.2, 0.25) is 0 Å². The van der Waals surface area contributed by atoms with Gasteiger partial charge in [-0.3, -0.25) is 0 Å². The molecule has 1 aromatic carbocycles. The Kier molecular flexibility index (Phi) is 6.80. The van der Waals surface area contributed by atoms with Gasteiger partial charge < -0.3 is 14.8 Å². The van der Waals surface area contributed by atoms with Gasteiger partial charge in [0, 0.05) is 29.8 Å². The molecule has 2 rings (SSSR count). The van der Waals surface area contributed by atoms with Crippen LogP contribution in [0.5, 0.6) is 0 Å². The van der Waals surface area contributed by atoms with E-state index in [0.717, 1.165) is 30.2 Å². The van der Waals surface area contributed by atoms with E-state index < -0.39 is 0 Å². The van der Waals surface area contributed by atoms with Crippen LogP contribution in [0.15, 0.2) is 24.3 Å². The summed E-state index contributed by atoms with van der Waals surface area (Å²) in [6, 6.07) is 8.57. The first kappa shape index (κ1) is 15.8. The summed E-state index contributed by atoms with van der Waals surface area (Å²) in [4.78, 5) is 0. The van der Waals surface area contributed by atoms with Crippen LogP contribution in [0.4, 0.5) is 0 Å². The molecule has 0 spiro atoms. The molecule has 112 valence electrons. The Labute approximate surface area is 126 Å². The summed E-state index contributed by atoms with van der Waals surface area (Å²) >= 11 is 6.27. The molecule has 1 fully saturated rings. The van der Waals surface area contributed by atoms with Crippen LogP contribution in [-0.4, -0.2) is 32.4 Å². The summed E-state index contributed by atoms with van der Waals surface area (Å²) in [5.41, 5.74) is 1.05. The maximum Gasteiger partial charge on any atom is 0.0964 e. The van der Waals surface area contributed by atoms with E-state index >= 15 is 0 Å². The zero-order valence-corrected chi connectivity index (χ0v) is 12.9. The third kappa shape index (κ3) is 5.41. The quantitative estimate of drug-likeness (QED) is 0.670. The molecule has 1 unspecified atom stereocenters. The van der Waals surface area contributed by atoms with Gasteiger partial charge in [0.05, 0.1) is 19.3 Å². The monoisotopic (exact) mass is 297 g/mol. The van der Waals surface area contributed by atoms with Crippen molar-refractivity contribution in [3.05, 3.63) is 34.9 Å². The lowest BCUT2D eigenvalue weighted by atomic mass is 10.1. The number of benzene rings is 1. The van der Waals surface area contributed by atoms with Crippen molar-refractivity contribution in [2.75, 3.05) is 26.4 Å². The van der Waals surface area contributed by atoms with Gasteiger partial charge >= 0.3 is 0 Å². The minimum atomic E-state index is -0.00507. The second kappa shape index (κ2) is 8.63. The molecule has 0 saturated heterocycles. The number of ether oxygens (including phenoxy) is 2. The lowest BCUT2D eigenvalue weighted by Gasteiger charge is -2.20. The highest BCUT2D eigenvalue weighted by Gasteiger charge is 2.23. The molecule has 1 atom stereocenters. The zero-order chi connectivity index (χ0) is 14.2. The van der Waals surface area contributed by atoms with Crippen LogP contribution in [0.1, 0.15) is 37.9 Å². The van der Waals surface area contributed by atoms with E-state index in [0.29, 0.717) is 19.3 Å². The molecular formula is C16H24ClNO2. The third-order valence-corrected chi connectivity index (χ3v) is 3.66. The highest BCUT2D eigenvalue weighted by atomic mass is 35.5. The predicted octanol–water partition coefficient (Wildman–Crippen LogP) is 3.58. The van der Waals surface area contributed by atoms with E-state index in [4.69, 9.17) is 21.1 Å². The van der Waals surface area contributed by atoms with Crippen molar-refractivity contribution in [2.24, 2.45) is 0 Å². The fraction of sp³-hybridized carbons (Fsp3) is 0.625. The minimum absolute atomic E-state index is 0.00507. The average Bonchev–Trinajstić information content (AvgIpc) is 3.27. The second-order valence-corrected chi connectivity index (χ2v) is 5.58. The maximum absolute atomic E-state index is 6.27. The van der Waals surface area contributed by atoms with Gasteiger partial charge in [-0.15, -0.1) is 0 Å². The summed E-state index contributed by atoms with van der Waals surface area (Å²) in [7, 11) is 0. The summed E-state index contributed by atoms with van der Waals surface area (Å²) < 4.78 is 11.4. The van der Waals surface area contributed by atoms with E-state index in [1.165, 1.54) is 12.8 Å². The molecule has 0 aromatic heterocycles. The molecule has 1 N–H and O–H groups in total. The summed E-state index contributed by atoms with van der Waals surface area (Å²) in [6.07, 6.45) is 3.58. The molecule has 0 aliphatic heterocycles. The largest absolute Gasteiger partial charge is 0.379 e. The number of hydrogen-bond acceptors (Lipinski definition) is 3. The molecule has 3 nitrogen and oxygen atoms in total. The lowest BCUT2D eigenvalue weighted by molar-refractivity contribution is 0.00416. The van der Waals surface area contributed by atoms with Gasteiger partial charge in [0.15, 0.2) is 0 Å². The van der Waals surface area contributed by atoms with Crippen molar-refractivity contribution < 1.29 is 9.47 Å². The Bertz CT molecular complexity index is 396. The van der Waals surface area contributed by atoms with E-state index in [-0.39, 0.29) is 6.10 Å². The molecule has 20 heavy (non-hydrogen) atoms. The highest BCUT2D eigenvalue weighted by molar-refractivity contribution is 6.31. The first-order valence-electron chi connectivity index (χ1n) is 7.48. The van der Waals surface area contributed by atoms with Gasteiger partial charge in [-0.2, -0.15) is 0 Å². The highest BCUT2D eigenvalue weighted by Crippen LogP contribution is 2.26. The van der Waals surface area contributed by atoms with Crippen LogP contribution in [0, 0.1) is 0 Å². The first-order valence-corrected chi connectivity index (χ1v) is 7.86. The van der Waals surface area contributed by atoms with E-state index in [9.17, 15) is 0 Å². The summed E-state index contributed by atoms with van der Waals surface area (Å²) in [6.45, 7) is 4.94. The Morgan fingerprint density at radius 1 is 1.25 bits per heavy atom. The minimum Gasteiger partial charge on any atom is -0.379 e. The zero-order valence-electron chi connectivity index (χ0n) is 12.1. The van der Waals surface area contributed by atoms with Gasteiger partial charge in [0.25, 0.3) is 0 Å². The van der Waals surface area contributed by atoms with Crippen LogP contribution in [0.2, 0.25) is 5.02 Å². The molecule has 0 bridgehead atoms. The topological polar surface area (TPSA) is 30.5 Å². The van der Waals surface area contributed by atoms with Crippen LogP contribution >= 0.6 is 11.6 Å². The number of halogens is 1. The van der Waals surface area contributed by atoms with Crippen LogP contribution in [0.25, 0.3) is 0 Å².